The third-order valence-electron chi connectivity index (χ3n) is 3.68. The summed E-state index contributed by atoms with van der Waals surface area (Å²) in [7, 11) is -4.20. The Morgan fingerprint density at radius 2 is 1.64 bits per heavy atom. The Labute approximate surface area is 180 Å². The number of amides is 1. The maximum atomic E-state index is 12.5. The van der Waals surface area contributed by atoms with Gasteiger partial charge in [0.25, 0.3) is 15.9 Å². The quantitative estimate of drug-likeness (QED) is 0.562. The number of sulfonamides is 1. The van der Waals surface area contributed by atoms with E-state index in [1.165, 1.54) is 41.9 Å². The second-order valence-electron chi connectivity index (χ2n) is 5.52. The zero-order valence-corrected chi connectivity index (χ0v) is 17.8. The summed E-state index contributed by atoms with van der Waals surface area (Å²) in [6, 6.07) is 8.70. The Hall–Kier alpha value is -1.84. The number of nitrogens with one attached hydrogen (secondary N) is 1. The van der Waals surface area contributed by atoms with Crippen LogP contribution >= 0.6 is 46.4 Å². The van der Waals surface area contributed by atoms with Crippen molar-refractivity contribution in [1.29, 1.82) is 0 Å². The molecule has 0 aliphatic rings. The monoisotopic (exact) mass is 478 g/mol. The van der Waals surface area contributed by atoms with Crippen molar-refractivity contribution < 1.29 is 13.2 Å². The smallest absolute Gasteiger partial charge is 0.266 e. The van der Waals surface area contributed by atoms with Crippen molar-refractivity contribution >= 4 is 62.3 Å². The van der Waals surface area contributed by atoms with Crippen LogP contribution in [0.1, 0.15) is 16.2 Å². The van der Waals surface area contributed by atoms with Crippen molar-refractivity contribution in [2.45, 2.75) is 11.8 Å². The van der Waals surface area contributed by atoms with Crippen LogP contribution in [0.15, 0.2) is 41.3 Å². The molecule has 2 aromatic carbocycles. The van der Waals surface area contributed by atoms with Gasteiger partial charge in [-0.05, 0) is 31.2 Å². The lowest BCUT2D eigenvalue weighted by Gasteiger charge is -2.08. The highest BCUT2D eigenvalue weighted by Crippen LogP contribution is 2.32. The van der Waals surface area contributed by atoms with E-state index in [1.807, 2.05) is 4.72 Å². The van der Waals surface area contributed by atoms with Gasteiger partial charge in [0.1, 0.15) is 4.90 Å². The Balaban J connectivity index is 1.94. The van der Waals surface area contributed by atoms with Gasteiger partial charge in [0.15, 0.2) is 5.69 Å². The van der Waals surface area contributed by atoms with Crippen molar-refractivity contribution in [1.82, 2.24) is 19.7 Å². The maximum Gasteiger partial charge on any atom is 0.287 e. The molecule has 3 rings (SSSR count). The Bertz CT molecular complexity index is 1170. The molecule has 7 nitrogen and oxygen atoms in total. The van der Waals surface area contributed by atoms with E-state index in [9.17, 15) is 13.2 Å². The van der Waals surface area contributed by atoms with Gasteiger partial charge in [0.05, 0.1) is 31.5 Å². The second kappa shape index (κ2) is 7.88. The van der Waals surface area contributed by atoms with Crippen LogP contribution in [0, 0.1) is 6.92 Å². The van der Waals surface area contributed by atoms with Gasteiger partial charge < -0.3 is 0 Å². The average Bonchev–Trinajstić information content (AvgIpc) is 3.00. The van der Waals surface area contributed by atoms with Crippen LogP contribution < -0.4 is 4.72 Å². The average molecular weight is 480 g/mol. The van der Waals surface area contributed by atoms with Crippen LogP contribution in [0.4, 0.5) is 0 Å². The molecule has 1 N–H and O–H groups in total. The fourth-order valence-corrected chi connectivity index (χ4v) is 4.39. The number of halogens is 4. The zero-order valence-electron chi connectivity index (χ0n) is 14.0. The molecule has 146 valence electrons. The lowest BCUT2D eigenvalue weighted by molar-refractivity contribution is 0.0976. The molecule has 0 aliphatic heterocycles. The SMILES string of the molecule is Cc1c(C(=O)NS(=O)(=O)c2ccccc2Cl)nnn1-c1cc(Cl)c(Cl)c(Cl)c1. The molecule has 0 unspecified atom stereocenters. The molecule has 28 heavy (non-hydrogen) atoms. The molecule has 0 radical (unpaired) electrons. The standard InChI is InChI=1S/C16H10Cl4N4O3S/c1-8-15(16(25)22-28(26,27)13-5-3-2-4-10(13)17)21-23-24(8)9-6-11(18)14(20)12(19)7-9/h2-7H,1H3,(H,22,25). The first-order valence-corrected chi connectivity index (χ1v) is 10.5. The van der Waals surface area contributed by atoms with E-state index in [2.05, 4.69) is 10.3 Å². The summed E-state index contributed by atoms with van der Waals surface area (Å²) in [5.41, 5.74) is 0.469. The number of hydrogen-bond acceptors (Lipinski definition) is 5. The highest BCUT2D eigenvalue weighted by Gasteiger charge is 2.25. The van der Waals surface area contributed by atoms with Gasteiger partial charge in [-0.1, -0.05) is 63.7 Å². The number of aromatic nitrogens is 3. The summed E-state index contributed by atoms with van der Waals surface area (Å²) >= 11 is 23.8. The lowest BCUT2D eigenvalue weighted by atomic mass is 10.3. The minimum absolute atomic E-state index is 0.0198. The highest BCUT2D eigenvalue weighted by molar-refractivity contribution is 7.90. The van der Waals surface area contributed by atoms with E-state index in [-0.39, 0.29) is 36.4 Å². The third-order valence-corrected chi connectivity index (χ3v) is 6.70. The van der Waals surface area contributed by atoms with Gasteiger partial charge >= 0.3 is 0 Å². The first-order valence-electron chi connectivity index (χ1n) is 7.50. The van der Waals surface area contributed by atoms with Gasteiger partial charge in [-0.2, -0.15) is 0 Å². The Morgan fingerprint density at radius 3 is 2.25 bits per heavy atom. The lowest BCUT2D eigenvalue weighted by Crippen LogP contribution is -2.31. The maximum absolute atomic E-state index is 12.5. The molecule has 0 spiro atoms. The largest absolute Gasteiger partial charge is 0.287 e. The van der Waals surface area contributed by atoms with Crippen LogP contribution in [0.2, 0.25) is 20.1 Å². The van der Waals surface area contributed by atoms with Crippen molar-refractivity contribution in [2.24, 2.45) is 0 Å². The number of hydrogen-bond donors (Lipinski definition) is 1. The minimum atomic E-state index is -4.20. The van der Waals surface area contributed by atoms with Crippen LogP contribution in [0.25, 0.3) is 5.69 Å². The molecular formula is C16H10Cl4N4O3S. The van der Waals surface area contributed by atoms with Gasteiger partial charge in [0.2, 0.25) is 0 Å². The molecule has 0 fully saturated rings. The summed E-state index contributed by atoms with van der Waals surface area (Å²) < 4.78 is 28.1. The van der Waals surface area contributed by atoms with Crippen molar-refractivity contribution in [3.05, 3.63) is 67.9 Å². The van der Waals surface area contributed by atoms with Crippen molar-refractivity contribution in [3.63, 3.8) is 0 Å². The van der Waals surface area contributed by atoms with Crippen LogP contribution in [-0.4, -0.2) is 29.3 Å². The van der Waals surface area contributed by atoms with E-state index >= 15 is 0 Å². The van der Waals surface area contributed by atoms with E-state index < -0.39 is 15.9 Å². The summed E-state index contributed by atoms with van der Waals surface area (Å²) in [6.45, 7) is 1.54. The minimum Gasteiger partial charge on any atom is -0.266 e. The predicted octanol–water partition coefficient (Wildman–Crippen LogP) is 4.31. The molecule has 3 aromatic rings. The van der Waals surface area contributed by atoms with Crippen molar-refractivity contribution in [2.75, 3.05) is 0 Å². The van der Waals surface area contributed by atoms with Gasteiger partial charge in [-0.25, -0.2) is 17.8 Å². The number of benzene rings is 2. The van der Waals surface area contributed by atoms with Crippen LogP contribution in [0.3, 0.4) is 0 Å². The fraction of sp³-hybridized carbons (Fsp3) is 0.0625. The normalized spacial score (nSPS) is 11.5. The first-order chi connectivity index (χ1) is 13.1. The van der Waals surface area contributed by atoms with Crippen LogP contribution in [0.5, 0.6) is 0 Å². The van der Waals surface area contributed by atoms with E-state index in [4.69, 9.17) is 46.4 Å². The summed E-state index contributed by atoms with van der Waals surface area (Å²) in [5, 5.41) is 8.15. The summed E-state index contributed by atoms with van der Waals surface area (Å²) in [6.07, 6.45) is 0. The molecule has 12 heteroatoms. The van der Waals surface area contributed by atoms with Gasteiger partial charge in [-0.15, -0.1) is 5.10 Å². The molecule has 1 heterocycles. The first kappa shape index (κ1) is 20.9. The molecule has 1 amide bonds. The Morgan fingerprint density at radius 1 is 1.04 bits per heavy atom. The highest BCUT2D eigenvalue weighted by atomic mass is 35.5. The third kappa shape index (κ3) is 3.97. The van der Waals surface area contributed by atoms with Crippen LogP contribution in [-0.2, 0) is 10.0 Å². The van der Waals surface area contributed by atoms with E-state index in [0.29, 0.717) is 5.69 Å². The topological polar surface area (TPSA) is 93.9 Å². The van der Waals surface area contributed by atoms with Gasteiger partial charge in [0, 0.05) is 0 Å². The molecule has 0 atom stereocenters. The Kier molecular flexibility index (Phi) is 5.88. The van der Waals surface area contributed by atoms with Crippen molar-refractivity contribution in [3.8, 4) is 5.69 Å². The number of rotatable bonds is 4. The molecule has 1 aromatic heterocycles. The zero-order chi connectivity index (χ0) is 20.6. The molecule has 0 aliphatic carbocycles. The molecule has 0 saturated carbocycles. The molecule has 0 saturated heterocycles. The van der Waals surface area contributed by atoms with Gasteiger partial charge in [-0.3, -0.25) is 4.79 Å². The second-order valence-corrected chi connectivity index (χ2v) is 8.77. The summed E-state index contributed by atoms with van der Waals surface area (Å²) in [4.78, 5) is 12.2. The van der Waals surface area contributed by atoms with E-state index in [0.717, 1.165) is 0 Å². The number of carbonyl (C=O) groups is 1. The van der Waals surface area contributed by atoms with E-state index in [1.54, 1.807) is 6.07 Å². The molecule has 0 bridgehead atoms. The predicted molar refractivity (Wildman–Crippen MR) is 107 cm³/mol. The number of carbonyl (C=O) groups excluding carboxylic acids is 1. The number of nitrogens with zero attached hydrogens (tertiary/aromatic N) is 3. The molecular weight excluding hydrogens is 470 g/mol. The summed E-state index contributed by atoms with van der Waals surface area (Å²) in [5.74, 6) is -0.963. The fourth-order valence-electron chi connectivity index (χ4n) is 2.34.